The first-order valence-electron chi connectivity index (χ1n) is 7.54. The van der Waals surface area contributed by atoms with E-state index in [1.165, 1.54) is 19.3 Å². The van der Waals surface area contributed by atoms with Crippen LogP contribution < -0.4 is 5.73 Å². The van der Waals surface area contributed by atoms with Crippen molar-refractivity contribution in [3.8, 4) is 0 Å². The molecular formula is C16H34N2. The maximum Gasteiger partial charge on any atom is 0.0344 e. The summed E-state index contributed by atoms with van der Waals surface area (Å²) in [5, 5.41) is 0. The van der Waals surface area contributed by atoms with Gasteiger partial charge in [0.1, 0.15) is 0 Å². The molecule has 1 aliphatic carbocycles. The molecule has 0 unspecified atom stereocenters. The van der Waals surface area contributed by atoms with Gasteiger partial charge in [-0.3, -0.25) is 4.90 Å². The van der Waals surface area contributed by atoms with Crippen LogP contribution in [-0.2, 0) is 0 Å². The molecule has 2 nitrogen and oxygen atoms in total. The summed E-state index contributed by atoms with van der Waals surface area (Å²) in [6.45, 7) is 18.4. The van der Waals surface area contributed by atoms with Crippen LogP contribution in [0, 0.1) is 10.8 Å². The molecule has 1 rings (SSSR count). The standard InChI is InChI=1S/C16H34N2/c1-8-18(13(2)3)16(12-17)10-14(4,5)9-15(6,7)11-16/h13H,8-12,17H2,1-7H3. The summed E-state index contributed by atoms with van der Waals surface area (Å²) in [4.78, 5) is 2.63. The van der Waals surface area contributed by atoms with E-state index in [2.05, 4.69) is 53.4 Å². The van der Waals surface area contributed by atoms with Crippen molar-refractivity contribution >= 4 is 0 Å². The molecule has 1 saturated carbocycles. The quantitative estimate of drug-likeness (QED) is 0.830. The summed E-state index contributed by atoms with van der Waals surface area (Å²) in [5.41, 5.74) is 7.23. The van der Waals surface area contributed by atoms with Crippen molar-refractivity contribution in [3.05, 3.63) is 0 Å². The summed E-state index contributed by atoms with van der Waals surface area (Å²) >= 11 is 0. The van der Waals surface area contributed by atoms with Gasteiger partial charge in [0.25, 0.3) is 0 Å². The maximum atomic E-state index is 6.25. The molecule has 0 aliphatic heterocycles. The number of hydrogen-bond acceptors (Lipinski definition) is 2. The van der Waals surface area contributed by atoms with Gasteiger partial charge in [-0.1, -0.05) is 34.6 Å². The molecular weight excluding hydrogens is 220 g/mol. The lowest BCUT2D eigenvalue weighted by atomic mass is 9.57. The molecule has 108 valence electrons. The lowest BCUT2D eigenvalue weighted by molar-refractivity contribution is -0.0547. The van der Waals surface area contributed by atoms with Gasteiger partial charge in [0.05, 0.1) is 0 Å². The molecule has 0 spiro atoms. The smallest absolute Gasteiger partial charge is 0.0344 e. The Morgan fingerprint density at radius 2 is 1.44 bits per heavy atom. The molecule has 1 aliphatic rings. The Balaban J connectivity index is 3.12. The second-order valence-corrected chi connectivity index (χ2v) is 8.17. The van der Waals surface area contributed by atoms with Gasteiger partial charge in [-0.25, -0.2) is 0 Å². The van der Waals surface area contributed by atoms with Gasteiger partial charge in [0, 0.05) is 18.1 Å². The minimum Gasteiger partial charge on any atom is -0.329 e. The predicted octanol–water partition coefficient (Wildman–Crippen LogP) is 3.65. The third-order valence-corrected chi connectivity index (χ3v) is 4.53. The van der Waals surface area contributed by atoms with Crippen LogP contribution in [0.25, 0.3) is 0 Å². The van der Waals surface area contributed by atoms with Crippen molar-refractivity contribution in [2.24, 2.45) is 16.6 Å². The number of nitrogens with zero attached hydrogens (tertiary/aromatic N) is 1. The molecule has 0 radical (unpaired) electrons. The molecule has 2 heteroatoms. The van der Waals surface area contributed by atoms with Crippen molar-refractivity contribution in [2.75, 3.05) is 13.1 Å². The highest BCUT2D eigenvalue weighted by Crippen LogP contribution is 2.52. The molecule has 1 fully saturated rings. The van der Waals surface area contributed by atoms with Crippen molar-refractivity contribution in [1.82, 2.24) is 4.90 Å². The van der Waals surface area contributed by atoms with Crippen LogP contribution in [0.4, 0.5) is 0 Å². The summed E-state index contributed by atoms with van der Waals surface area (Å²) in [6, 6.07) is 0.572. The summed E-state index contributed by atoms with van der Waals surface area (Å²) in [7, 11) is 0. The zero-order valence-corrected chi connectivity index (χ0v) is 13.6. The van der Waals surface area contributed by atoms with Gasteiger partial charge in [-0.15, -0.1) is 0 Å². The first-order valence-corrected chi connectivity index (χ1v) is 7.54. The third-order valence-electron chi connectivity index (χ3n) is 4.53. The van der Waals surface area contributed by atoms with Crippen LogP contribution in [0.2, 0.25) is 0 Å². The van der Waals surface area contributed by atoms with E-state index in [1.54, 1.807) is 0 Å². The summed E-state index contributed by atoms with van der Waals surface area (Å²) in [6.07, 6.45) is 3.76. The number of likely N-dealkylation sites (N-methyl/N-ethyl adjacent to an activating group) is 1. The summed E-state index contributed by atoms with van der Waals surface area (Å²) < 4.78 is 0. The van der Waals surface area contributed by atoms with Crippen LogP contribution >= 0.6 is 0 Å². The van der Waals surface area contributed by atoms with Crippen LogP contribution in [0.5, 0.6) is 0 Å². The van der Waals surface area contributed by atoms with Gasteiger partial charge < -0.3 is 5.73 Å². The van der Waals surface area contributed by atoms with Crippen LogP contribution in [0.15, 0.2) is 0 Å². The molecule has 0 heterocycles. The fraction of sp³-hybridized carbons (Fsp3) is 1.00. The van der Waals surface area contributed by atoms with E-state index in [4.69, 9.17) is 5.73 Å². The molecule has 18 heavy (non-hydrogen) atoms. The number of hydrogen-bond donors (Lipinski definition) is 1. The van der Waals surface area contributed by atoms with Crippen LogP contribution in [0.1, 0.15) is 67.7 Å². The largest absolute Gasteiger partial charge is 0.329 e. The Labute approximate surface area is 114 Å². The van der Waals surface area contributed by atoms with E-state index in [0.29, 0.717) is 16.9 Å². The second kappa shape index (κ2) is 5.13. The zero-order valence-electron chi connectivity index (χ0n) is 13.6. The van der Waals surface area contributed by atoms with Crippen LogP contribution in [-0.4, -0.2) is 29.6 Å². The van der Waals surface area contributed by atoms with Gasteiger partial charge >= 0.3 is 0 Å². The van der Waals surface area contributed by atoms with E-state index in [0.717, 1.165) is 13.1 Å². The lowest BCUT2D eigenvalue weighted by Crippen LogP contribution is -2.62. The van der Waals surface area contributed by atoms with Crippen molar-refractivity contribution in [1.29, 1.82) is 0 Å². The minimum atomic E-state index is 0.189. The first kappa shape index (κ1) is 16.0. The Bertz CT molecular complexity index is 263. The number of nitrogens with two attached hydrogens (primary N) is 1. The third kappa shape index (κ3) is 3.27. The molecule has 2 N–H and O–H groups in total. The molecule has 0 aromatic carbocycles. The molecule has 0 aromatic rings. The van der Waals surface area contributed by atoms with E-state index in [-0.39, 0.29) is 5.54 Å². The summed E-state index contributed by atoms with van der Waals surface area (Å²) in [5.74, 6) is 0. The Kier molecular flexibility index (Phi) is 4.55. The normalized spacial score (nSPS) is 25.7. The average molecular weight is 254 g/mol. The minimum absolute atomic E-state index is 0.189. The lowest BCUT2D eigenvalue weighted by Gasteiger charge is -2.57. The fourth-order valence-electron chi connectivity index (χ4n) is 4.98. The van der Waals surface area contributed by atoms with Crippen LogP contribution in [0.3, 0.4) is 0 Å². The van der Waals surface area contributed by atoms with Gasteiger partial charge in [-0.05, 0) is 50.5 Å². The second-order valence-electron chi connectivity index (χ2n) is 8.17. The Hall–Kier alpha value is -0.0800. The molecule has 0 saturated heterocycles. The van der Waals surface area contributed by atoms with E-state index in [9.17, 15) is 0 Å². The molecule has 0 amide bonds. The Morgan fingerprint density at radius 1 is 1.00 bits per heavy atom. The van der Waals surface area contributed by atoms with Crippen molar-refractivity contribution in [2.45, 2.75) is 79.3 Å². The van der Waals surface area contributed by atoms with Crippen molar-refractivity contribution in [3.63, 3.8) is 0 Å². The van der Waals surface area contributed by atoms with Gasteiger partial charge in [-0.2, -0.15) is 0 Å². The maximum absolute atomic E-state index is 6.25. The van der Waals surface area contributed by atoms with Crippen molar-refractivity contribution < 1.29 is 0 Å². The number of rotatable bonds is 4. The highest BCUT2D eigenvalue weighted by molar-refractivity contribution is 5.05. The van der Waals surface area contributed by atoms with Gasteiger partial charge in [0.15, 0.2) is 0 Å². The zero-order chi connectivity index (χ0) is 14.2. The fourth-order valence-corrected chi connectivity index (χ4v) is 4.98. The van der Waals surface area contributed by atoms with Gasteiger partial charge in [0.2, 0.25) is 0 Å². The average Bonchev–Trinajstić information content (AvgIpc) is 2.12. The Morgan fingerprint density at radius 3 is 1.72 bits per heavy atom. The van der Waals surface area contributed by atoms with E-state index in [1.807, 2.05) is 0 Å². The highest BCUT2D eigenvalue weighted by atomic mass is 15.2. The SMILES string of the molecule is CCN(C(C)C)C1(CN)CC(C)(C)CC(C)(C)C1. The monoisotopic (exact) mass is 254 g/mol. The molecule has 0 bridgehead atoms. The van der Waals surface area contributed by atoms with E-state index >= 15 is 0 Å². The molecule has 0 aromatic heterocycles. The topological polar surface area (TPSA) is 29.3 Å². The first-order chi connectivity index (χ1) is 8.07. The molecule has 0 atom stereocenters. The van der Waals surface area contributed by atoms with E-state index < -0.39 is 0 Å². The predicted molar refractivity (Wildman–Crippen MR) is 80.7 cm³/mol. The highest BCUT2D eigenvalue weighted by Gasteiger charge is 2.49.